The van der Waals surface area contributed by atoms with Crippen LogP contribution >= 0.6 is 0 Å². The molecule has 1 N–H and O–H groups in total. The largest absolute Gasteiger partial charge is 0.394 e. The maximum Gasteiger partial charge on any atom is 0.240 e. The predicted octanol–water partition coefficient (Wildman–Crippen LogP) is 0.853. The summed E-state index contributed by atoms with van der Waals surface area (Å²) in [6.45, 7) is 2.76. The summed E-state index contributed by atoms with van der Waals surface area (Å²) < 4.78 is 10.7. The van der Waals surface area contributed by atoms with Crippen molar-refractivity contribution in [1.29, 1.82) is 0 Å². The summed E-state index contributed by atoms with van der Waals surface area (Å²) in [6, 6.07) is 10.1. The first-order valence-electron chi connectivity index (χ1n) is 7.13. The van der Waals surface area contributed by atoms with Crippen LogP contribution in [0, 0.1) is 0 Å². The number of ether oxygens (including phenoxy) is 1. The molecule has 1 aliphatic rings. The van der Waals surface area contributed by atoms with Crippen LogP contribution in [-0.2, 0) is 17.7 Å². The molecular formula is C15H19N3O3. The summed E-state index contributed by atoms with van der Waals surface area (Å²) in [5.74, 6) is 1.31. The average molecular weight is 289 g/mol. The van der Waals surface area contributed by atoms with E-state index in [2.05, 4.69) is 15.0 Å². The Morgan fingerprint density at radius 3 is 2.95 bits per heavy atom. The van der Waals surface area contributed by atoms with E-state index in [1.807, 2.05) is 30.3 Å². The highest BCUT2D eigenvalue weighted by Crippen LogP contribution is 2.11. The minimum absolute atomic E-state index is 0.0413. The van der Waals surface area contributed by atoms with Gasteiger partial charge in [0.25, 0.3) is 0 Å². The molecule has 1 aromatic heterocycles. The van der Waals surface area contributed by atoms with E-state index >= 15 is 0 Å². The van der Waals surface area contributed by atoms with Crippen molar-refractivity contribution < 1.29 is 14.4 Å². The van der Waals surface area contributed by atoms with Gasteiger partial charge in [0, 0.05) is 19.5 Å². The Morgan fingerprint density at radius 2 is 2.14 bits per heavy atom. The van der Waals surface area contributed by atoms with Gasteiger partial charge in [-0.25, -0.2) is 0 Å². The van der Waals surface area contributed by atoms with Crippen LogP contribution < -0.4 is 0 Å². The highest BCUT2D eigenvalue weighted by Gasteiger charge is 2.21. The number of hydrogen-bond donors (Lipinski definition) is 1. The Kier molecular flexibility index (Phi) is 4.59. The first-order valence-corrected chi connectivity index (χ1v) is 7.13. The molecule has 0 saturated carbocycles. The summed E-state index contributed by atoms with van der Waals surface area (Å²) in [6.07, 6.45) is 0.553. The van der Waals surface area contributed by atoms with Gasteiger partial charge in [0.1, 0.15) is 0 Å². The van der Waals surface area contributed by atoms with Crippen LogP contribution in [0.4, 0.5) is 0 Å². The lowest BCUT2D eigenvalue weighted by Gasteiger charge is -2.30. The highest BCUT2D eigenvalue weighted by atomic mass is 16.5. The van der Waals surface area contributed by atoms with Crippen LogP contribution in [0.2, 0.25) is 0 Å². The normalized spacial score (nSPS) is 19.8. The molecule has 21 heavy (non-hydrogen) atoms. The molecule has 3 rings (SSSR count). The smallest absolute Gasteiger partial charge is 0.240 e. The second-order valence-corrected chi connectivity index (χ2v) is 5.18. The van der Waals surface area contributed by atoms with Crippen LogP contribution in [0.25, 0.3) is 0 Å². The van der Waals surface area contributed by atoms with Gasteiger partial charge < -0.3 is 14.4 Å². The summed E-state index contributed by atoms with van der Waals surface area (Å²) in [4.78, 5) is 6.58. The number of aromatic nitrogens is 2. The van der Waals surface area contributed by atoms with Crippen molar-refractivity contribution in [3.8, 4) is 0 Å². The third-order valence-corrected chi connectivity index (χ3v) is 3.50. The minimum Gasteiger partial charge on any atom is -0.394 e. The number of hydrogen-bond acceptors (Lipinski definition) is 6. The molecule has 1 fully saturated rings. The third-order valence-electron chi connectivity index (χ3n) is 3.50. The fourth-order valence-corrected chi connectivity index (χ4v) is 2.43. The van der Waals surface area contributed by atoms with Crippen LogP contribution in [0.15, 0.2) is 34.9 Å². The molecule has 0 bridgehead atoms. The fourth-order valence-electron chi connectivity index (χ4n) is 2.43. The fraction of sp³-hybridized carbons (Fsp3) is 0.467. The zero-order valence-corrected chi connectivity index (χ0v) is 11.8. The van der Waals surface area contributed by atoms with Gasteiger partial charge in [0.2, 0.25) is 5.89 Å². The molecule has 1 atom stereocenters. The standard InChI is InChI=1S/C15H19N3O3/c19-11-13-9-18(6-7-20-13)10-15-16-14(17-21-15)8-12-4-2-1-3-5-12/h1-5,13,19H,6-11H2. The monoisotopic (exact) mass is 289 g/mol. The number of rotatable bonds is 5. The zero-order chi connectivity index (χ0) is 14.5. The molecule has 2 aromatic rings. The quantitative estimate of drug-likeness (QED) is 0.880. The van der Waals surface area contributed by atoms with Gasteiger partial charge in [-0.2, -0.15) is 4.98 Å². The van der Waals surface area contributed by atoms with Gasteiger partial charge in [0.15, 0.2) is 5.82 Å². The van der Waals surface area contributed by atoms with E-state index in [4.69, 9.17) is 14.4 Å². The van der Waals surface area contributed by atoms with Gasteiger partial charge in [-0.3, -0.25) is 4.90 Å². The highest BCUT2D eigenvalue weighted by molar-refractivity contribution is 5.18. The Hall–Kier alpha value is -1.76. The molecule has 1 aliphatic heterocycles. The number of morpholine rings is 1. The molecule has 1 aromatic carbocycles. The second kappa shape index (κ2) is 6.80. The molecule has 6 heteroatoms. The first kappa shape index (κ1) is 14.2. The van der Waals surface area contributed by atoms with Crippen molar-refractivity contribution in [3.05, 3.63) is 47.6 Å². The molecule has 0 spiro atoms. The Morgan fingerprint density at radius 1 is 1.29 bits per heavy atom. The maximum absolute atomic E-state index is 9.14. The van der Waals surface area contributed by atoms with Gasteiger partial charge in [0.05, 0.1) is 25.9 Å². The van der Waals surface area contributed by atoms with E-state index in [9.17, 15) is 0 Å². The topological polar surface area (TPSA) is 71.6 Å². The summed E-state index contributed by atoms with van der Waals surface area (Å²) in [5.41, 5.74) is 1.16. The molecule has 2 heterocycles. The Balaban J connectivity index is 1.57. The lowest BCUT2D eigenvalue weighted by molar-refractivity contribution is -0.0571. The summed E-state index contributed by atoms with van der Waals surface area (Å²) in [5, 5.41) is 13.2. The zero-order valence-electron chi connectivity index (χ0n) is 11.8. The van der Waals surface area contributed by atoms with E-state index in [1.165, 1.54) is 0 Å². The van der Waals surface area contributed by atoms with Crippen molar-refractivity contribution in [1.82, 2.24) is 15.0 Å². The number of benzene rings is 1. The Bertz CT molecular complexity index is 558. The van der Waals surface area contributed by atoms with E-state index < -0.39 is 0 Å². The van der Waals surface area contributed by atoms with Crippen LogP contribution in [0.5, 0.6) is 0 Å². The Labute approximate surface area is 123 Å². The third kappa shape index (κ3) is 3.87. The van der Waals surface area contributed by atoms with Gasteiger partial charge in [-0.1, -0.05) is 35.5 Å². The van der Waals surface area contributed by atoms with Crippen molar-refractivity contribution in [3.63, 3.8) is 0 Å². The SMILES string of the molecule is OCC1CN(Cc2nc(Cc3ccccc3)no2)CCO1. The molecular weight excluding hydrogens is 270 g/mol. The van der Waals surface area contributed by atoms with Gasteiger partial charge >= 0.3 is 0 Å². The van der Waals surface area contributed by atoms with Crippen molar-refractivity contribution >= 4 is 0 Å². The van der Waals surface area contributed by atoms with Crippen molar-refractivity contribution in [2.45, 2.75) is 19.1 Å². The van der Waals surface area contributed by atoms with Crippen LogP contribution in [0.3, 0.4) is 0 Å². The van der Waals surface area contributed by atoms with E-state index in [1.54, 1.807) is 0 Å². The lowest BCUT2D eigenvalue weighted by Crippen LogP contribution is -2.43. The predicted molar refractivity (Wildman–Crippen MR) is 75.6 cm³/mol. The van der Waals surface area contributed by atoms with Crippen molar-refractivity contribution in [2.75, 3.05) is 26.3 Å². The molecule has 0 amide bonds. The number of aliphatic hydroxyl groups is 1. The van der Waals surface area contributed by atoms with E-state index in [0.29, 0.717) is 37.8 Å². The van der Waals surface area contributed by atoms with Gasteiger partial charge in [-0.15, -0.1) is 0 Å². The van der Waals surface area contributed by atoms with Gasteiger partial charge in [-0.05, 0) is 5.56 Å². The maximum atomic E-state index is 9.14. The van der Waals surface area contributed by atoms with Crippen molar-refractivity contribution in [2.24, 2.45) is 0 Å². The summed E-state index contributed by atoms with van der Waals surface area (Å²) >= 11 is 0. The summed E-state index contributed by atoms with van der Waals surface area (Å²) in [7, 11) is 0. The molecule has 1 unspecified atom stereocenters. The average Bonchev–Trinajstić information content (AvgIpc) is 2.95. The molecule has 112 valence electrons. The second-order valence-electron chi connectivity index (χ2n) is 5.18. The first-order chi connectivity index (χ1) is 10.3. The molecule has 1 saturated heterocycles. The van der Waals surface area contributed by atoms with Crippen LogP contribution in [0.1, 0.15) is 17.3 Å². The van der Waals surface area contributed by atoms with Crippen LogP contribution in [-0.4, -0.2) is 52.6 Å². The number of nitrogens with zero attached hydrogens (tertiary/aromatic N) is 3. The van der Waals surface area contributed by atoms with E-state index in [0.717, 1.165) is 12.1 Å². The molecule has 0 aliphatic carbocycles. The van der Waals surface area contributed by atoms with E-state index in [-0.39, 0.29) is 12.7 Å². The lowest BCUT2D eigenvalue weighted by atomic mass is 10.1. The minimum atomic E-state index is -0.120. The molecule has 6 nitrogen and oxygen atoms in total. The number of aliphatic hydroxyl groups excluding tert-OH is 1. The molecule has 0 radical (unpaired) electrons.